The SMILES string of the molecule is CSC1CCCC(Nc2nc(Cl)nnc2Cl)C1. The van der Waals surface area contributed by atoms with E-state index in [1.165, 1.54) is 12.8 Å². The van der Waals surface area contributed by atoms with Gasteiger partial charge >= 0.3 is 0 Å². The molecule has 0 bridgehead atoms. The van der Waals surface area contributed by atoms with Gasteiger partial charge in [0.15, 0.2) is 11.0 Å². The zero-order valence-corrected chi connectivity index (χ0v) is 11.8. The molecule has 0 spiro atoms. The van der Waals surface area contributed by atoms with Crippen LogP contribution >= 0.6 is 35.0 Å². The van der Waals surface area contributed by atoms with E-state index in [2.05, 4.69) is 26.8 Å². The quantitative estimate of drug-likeness (QED) is 0.927. The summed E-state index contributed by atoms with van der Waals surface area (Å²) in [5.41, 5.74) is 0. The average Bonchev–Trinajstić information content (AvgIpc) is 2.34. The van der Waals surface area contributed by atoms with Crippen LogP contribution in [0.3, 0.4) is 0 Å². The summed E-state index contributed by atoms with van der Waals surface area (Å²) >= 11 is 13.5. The van der Waals surface area contributed by atoms with Crippen LogP contribution in [0, 0.1) is 0 Å². The Morgan fingerprint density at radius 2 is 2.12 bits per heavy atom. The summed E-state index contributed by atoms with van der Waals surface area (Å²) in [7, 11) is 0. The summed E-state index contributed by atoms with van der Waals surface area (Å²) in [5, 5.41) is 11.8. The first kappa shape index (κ1) is 13.2. The molecular formula is C10H14Cl2N4S. The molecule has 0 aliphatic heterocycles. The molecule has 0 radical (unpaired) electrons. The third-order valence-electron chi connectivity index (χ3n) is 2.92. The Morgan fingerprint density at radius 3 is 2.88 bits per heavy atom. The molecule has 2 unspecified atom stereocenters. The molecule has 2 rings (SSSR count). The zero-order chi connectivity index (χ0) is 12.3. The number of thioether (sulfide) groups is 1. The third kappa shape index (κ3) is 3.60. The van der Waals surface area contributed by atoms with E-state index in [-0.39, 0.29) is 10.4 Å². The largest absolute Gasteiger partial charge is 0.365 e. The topological polar surface area (TPSA) is 50.7 Å². The molecule has 7 heteroatoms. The van der Waals surface area contributed by atoms with Crippen molar-refractivity contribution in [2.75, 3.05) is 11.6 Å². The van der Waals surface area contributed by atoms with Gasteiger partial charge in [0.1, 0.15) is 0 Å². The second-order valence-electron chi connectivity index (χ2n) is 4.09. The molecule has 0 amide bonds. The number of halogens is 2. The molecule has 1 fully saturated rings. The molecule has 1 N–H and O–H groups in total. The van der Waals surface area contributed by atoms with Crippen molar-refractivity contribution in [3.63, 3.8) is 0 Å². The van der Waals surface area contributed by atoms with Gasteiger partial charge in [0.05, 0.1) is 0 Å². The maximum absolute atomic E-state index is 5.92. The number of hydrogen-bond acceptors (Lipinski definition) is 5. The smallest absolute Gasteiger partial charge is 0.245 e. The lowest BCUT2D eigenvalue weighted by molar-refractivity contribution is 0.472. The molecule has 1 aromatic rings. The monoisotopic (exact) mass is 292 g/mol. The summed E-state index contributed by atoms with van der Waals surface area (Å²) in [6, 6.07) is 0.395. The van der Waals surface area contributed by atoms with E-state index in [0.29, 0.717) is 17.1 Å². The summed E-state index contributed by atoms with van der Waals surface area (Å²) in [6.45, 7) is 0. The van der Waals surface area contributed by atoms with Crippen molar-refractivity contribution < 1.29 is 0 Å². The average molecular weight is 293 g/mol. The minimum Gasteiger partial charge on any atom is -0.365 e. The lowest BCUT2D eigenvalue weighted by Gasteiger charge is -2.29. The van der Waals surface area contributed by atoms with Crippen LogP contribution < -0.4 is 5.32 Å². The van der Waals surface area contributed by atoms with Crippen LogP contribution in [0.1, 0.15) is 25.7 Å². The Hall–Kier alpha value is -0.260. The van der Waals surface area contributed by atoms with Gasteiger partial charge in [-0.1, -0.05) is 18.0 Å². The molecule has 0 saturated heterocycles. The van der Waals surface area contributed by atoms with E-state index < -0.39 is 0 Å². The fourth-order valence-electron chi connectivity index (χ4n) is 2.07. The van der Waals surface area contributed by atoms with Gasteiger partial charge in [-0.05, 0) is 37.1 Å². The number of anilines is 1. The van der Waals surface area contributed by atoms with E-state index >= 15 is 0 Å². The second kappa shape index (κ2) is 6.07. The number of hydrogen-bond donors (Lipinski definition) is 1. The number of nitrogens with one attached hydrogen (secondary N) is 1. The molecule has 1 saturated carbocycles. The van der Waals surface area contributed by atoms with Crippen LogP contribution in [0.4, 0.5) is 5.82 Å². The number of rotatable bonds is 3. The van der Waals surface area contributed by atoms with Crippen molar-refractivity contribution >= 4 is 40.8 Å². The molecule has 2 atom stereocenters. The maximum atomic E-state index is 5.92. The van der Waals surface area contributed by atoms with Crippen LogP contribution in [-0.4, -0.2) is 32.7 Å². The van der Waals surface area contributed by atoms with E-state index in [0.717, 1.165) is 12.8 Å². The molecule has 1 aliphatic rings. The standard InChI is InChI=1S/C10H14Cl2N4S/c1-17-7-4-2-3-6(5-7)13-9-8(11)15-16-10(12)14-9/h6-7H,2-5H2,1H3,(H,13,14,16). The molecule has 17 heavy (non-hydrogen) atoms. The first-order valence-electron chi connectivity index (χ1n) is 5.54. The number of aromatic nitrogens is 3. The highest BCUT2D eigenvalue weighted by molar-refractivity contribution is 7.99. The highest BCUT2D eigenvalue weighted by Gasteiger charge is 2.22. The van der Waals surface area contributed by atoms with Crippen molar-refractivity contribution in [1.29, 1.82) is 0 Å². The first-order chi connectivity index (χ1) is 8.19. The predicted octanol–water partition coefficient (Wildman–Crippen LogP) is 3.26. The van der Waals surface area contributed by atoms with E-state index in [1.54, 1.807) is 0 Å². The van der Waals surface area contributed by atoms with Gasteiger partial charge in [0.2, 0.25) is 5.28 Å². The lowest BCUT2D eigenvalue weighted by atomic mass is 9.95. The summed E-state index contributed by atoms with van der Waals surface area (Å²) in [6.07, 6.45) is 6.93. The third-order valence-corrected chi connectivity index (χ3v) is 4.43. The Balaban J connectivity index is 2.02. The fourth-order valence-corrected chi connectivity index (χ4v) is 3.15. The summed E-state index contributed by atoms with van der Waals surface area (Å²) < 4.78 is 0. The summed E-state index contributed by atoms with van der Waals surface area (Å²) in [5.74, 6) is 0.540. The van der Waals surface area contributed by atoms with Gasteiger partial charge in [0, 0.05) is 11.3 Å². The van der Waals surface area contributed by atoms with Gasteiger partial charge in [-0.15, -0.1) is 10.2 Å². The van der Waals surface area contributed by atoms with Crippen LogP contribution in [-0.2, 0) is 0 Å². The van der Waals surface area contributed by atoms with Crippen LogP contribution in [0.2, 0.25) is 10.4 Å². The Bertz CT molecular complexity index is 391. The van der Waals surface area contributed by atoms with Crippen LogP contribution in [0.15, 0.2) is 0 Å². The van der Waals surface area contributed by atoms with Crippen LogP contribution in [0.5, 0.6) is 0 Å². The maximum Gasteiger partial charge on any atom is 0.245 e. The Morgan fingerprint density at radius 1 is 1.29 bits per heavy atom. The van der Waals surface area contributed by atoms with Gasteiger partial charge in [-0.2, -0.15) is 16.7 Å². The van der Waals surface area contributed by atoms with Gasteiger partial charge in [-0.25, -0.2) is 0 Å². The highest BCUT2D eigenvalue weighted by atomic mass is 35.5. The van der Waals surface area contributed by atoms with Gasteiger partial charge in [0.25, 0.3) is 0 Å². The molecule has 94 valence electrons. The minimum absolute atomic E-state index is 0.120. The zero-order valence-electron chi connectivity index (χ0n) is 9.49. The van der Waals surface area contributed by atoms with Crippen molar-refractivity contribution in [3.05, 3.63) is 10.4 Å². The molecule has 1 heterocycles. The fraction of sp³-hybridized carbons (Fsp3) is 0.700. The predicted molar refractivity (Wildman–Crippen MR) is 73.0 cm³/mol. The second-order valence-corrected chi connectivity index (χ2v) is 5.92. The number of nitrogens with zero attached hydrogens (tertiary/aromatic N) is 3. The van der Waals surface area contributed by atoms with E-state index in [4.69, 9.17) is 23.2 Å². The van der Waals surface area contributed by atoms with Gasteiger partial charge in [-0.3, -0.25) is 0 Å². The van der Waals surface area contributed by atoms with Gasteiger partial charge < -0.3 is 5.32 Å². The normalized spacial score (nSPS) is 24.6. The van der Waals surface area contributed by atoms with Crippen molar-refractivity contribution in [2.24, 2.45) is 0 Å². The van der Waals surface area contributed by atoms with Crippen molar-refractivity contribution in [2.45, 2.75) is 37.0 Å². The Kier molecular flexibility index (Phi) is 4.70. The van der Waals surface area contributed by atoms with E-state index in [9.17, 15) is 0 Å². The molecule has 1 aliphatic carbocycles. The molecule has 0 aromatic carbocycles. The van der Waals surface area contributed by atoms with Crippen molar-refractivity contribution in [1.82, 2.24) is 15.2 Å². The lowest BCUT2D eigenvalue weighted by Crippen LogP contribution is -2.29. The summed E-state index contributed by atoms with van der Waals surface area (Å²) in [4.78, 5) is 4.06. The first-order valence-corrected chi connectivity index (χ1v) is 7.58. The van der Waals surface area contributed by atoms with Crippen molar-refractivity contribution in [3.8, 4) is 0 Å². The Labute approximate surface area is 115 Å². The van der Waals surface area contributed by atoms with E-state index in [1.807, 2.05) is 11.8 Å². The highest BCUT2D eigenvalue weighted by Crippen LogP contribution is 2.29. The molecule has 4 nitrogen and oxygen atoms in total. The minimum atomic E-state index is 0.120. The molecule has 1 aromatic heterocycles. The van der Waals surface area contributed by atoms with Crippen LogP contribution in [0.25, 0.3) is 0 Å². The molecular weight excluding hydrogens is 279 g/mol.